The highest BCUT2D eigenvalue weighted by Gasteiger charge is 2.43. The molecule has 10 heteroatoms. The zero-order valence-electron chi connectivity index (χ0n) is 23.1. The van der Waals surface area contributed by atoms with Crippen LogP contribution < -0.4 is 11.1 Å². The highest BCUT2D eigenvalue weighted by molar-refractivity contribution is 6.00. The molecule has 3 heterocycles. The highest BCUT2D eigenvalue weighted by atomic mass is 19.1. The molecule has 0 unspecified atom stereocenters. The van der Waals surface area contributed by atoms with Gasteiger partial charge in [-0.15, -0.1) is 0 Å². The molecule has 9 nitrogen and oxygen atoms in total. The lowest BCUT2D eigenvalue weighted by atomic mass is 9.78. The number of halogens is 1. The van der Waals surface area contributed by atoms with Gasteiger partial charge in [0.25, 0.3) is 0 Å². The molecule has 3 aliphatic rings. The number of esters is 1. The Balaban J connectivity index is 1.23. The SMILES string of the molecule is CC[C@@H]1CCN(C(=O)[C@H]2CC[C@H]([C@H](N)CF)CC2)[C@@H]1C(=O)Nc1ccc2oc(C(=O)OC[C@@H]3CCCO3)cc2c1. The second-order valence-corrected chi connectivity index (χ2v) is 11.4. The lowest BCUT2D eigenvalue weighted by molar-refractivity contribution is -0.142. The smallest absolute Gasteiger partial charge is 0.374 e. The summed E-state index contributed by atoms with van der Waals surface area (Å²) in [5.74, 6) is -0.639. The molecule has 1 aromatic heterocycles. The third kappa shape index (κ3) is 6.17. The number of hydrogen-bond donors (Lipinski definition) is 2. The van der Waals surface area contributed by atoms with Gasteiger partial charge in [0.05, 0.1) is 6.10 Å². The van der Waals surface area contributed by atoms with E-state index in [1.165, 1.54) is 0 Å². The van der Waals surface area contributed by atoms with Crippen LogP contribution in [0.15, 0.2) is 28.7 Å². The molecule has 1 aromatic carbocycles. The number of carbonyl (C=O) groups is 3. The van der Waals surface area contributed by atoms with E-state index in [0.717, 1.165) is 38.5 Å². The molecule has 2 aromatic rings. The molecule has 5 rings (SSSR count). The number of anilines is 1. The van der Waals surface area contributed by atoms with Gasteiger partial charge in [-0.3, -0.25) is 9.59 Å². The Bertz CT molecular complexity index is 1200. The van der Waals surface area contributed by atoms with Gasteiger partial charge in [-0.05, 0) is 81.0 Å². The summed E-state index contributed by atoms with van der Waals surface area (Å²) in [6.07, 6.45) is 6.15. The number of nitrogens with one attached hydrogen (secondary N) is 1. The molecule has 1 aliphatic carbocycles. The van der Waals surface area contributed by atoms with Crippen LogP contribution >= 0.6 is 0 Å². The Labute approximate surface area is 233 Å². The first kappa shape index (κ1) is 28.5. The van der Waals surface area contributed by atoms with Crippen LogP contribution in [0.5, 0.6) is 0 Å². The van der Waals surface area contributed by atoms with Gasteiger partial charge >= 0.3 is 5.97 Å². The number of likely N-dealkylation sites (tertiary alicyclic amines) is 1. The van der Waals surface area contributed by atoms with Gasteiger partial charge in [0.1, 0.15) is 24.9 Å². The molecule has 4 atom stereocenters. The molecule has 1 saturated carbocycles. The summed E-state index contributed by atoms with van der Waals surface area (Å²) in [5.41, 5.74) is 6.96. The van der Waals surface area contributed by atoms with Crippen molar-refractivity contribution in [2.24, 2.45) is 23.5 Å². The molecule has 3 fully saturated rings. The first-order chi connectivity index (χ1) is 19.4. The first-order valence-electron chi connectivity index (χ1n) is 14.6. The fraction of sp³-hybridized carbons (Fsp3) is 0.633. The standard InChI is InChI=1S/C30H40FN3O6/c1-2-18-11-12-34(29(36)20-7-5-19(6-8-20)24(32)16-31)27(18)28(35)33-22-9-10-25-21(14-22)15-26(40-25)30(37)39-17-23-4-3-13-38-23/h9-10,14-15,18-20,23-24,27H,2-8,11-13,16-17,32H2,1H3,(H,33,35)/t18-,19-,20-,23+,24-,27+/m1/s1. The predicted molar refractivity (Wildman–Crippen MR) is 147 cm³/mol. The highest BCUT2D eigenvalue weighted by Crippen LogP contribution is 2.36. The van der Waals surface area contributed by atoms with Crippen molar-refractivity contribution in [1.82, 2.24) is 4.90 Å². The van der Waals surface area contributed by atoms with Crippen molar-refractivity contribution in [2.45, 2.75) is 76.5 Å². The molecule has 2 saturated heterocycles. The summed E-state index contributed by atoms with van der Waals surface area (Å²) < 4.78 is 29.5. The summed E-state index contributed by atoms with van der Waals surface area (Å²) in [6.45, 7) is 2.93. The maximum atomic E-state index is 13.5. The monoisotopic (exact) mass is 557 g/mol. The van der Waals surface area contributed by atoms with Crippen LogP contribution in [-0.2, 0) is 19.1 Å². The van der Waals surface area contributed by atoms with Gasteiger partial charge in [0, 0.05) is 36.2 Å². The molecule has 3 N–H and O–H groups in total. The van der Waals surface area contributed by atoms with Crippen LogP contribution in [0.25, 0.3) is 11.0 Å². The van der Waals surface area contributed by atoms with Crippen molar-refractivity contribution in [3.8, 4) is 0 Å². The van der Waals surface area contributed by atoms with E-state index in [4.69, 9.17) is 19.6 Å². The van der Waals surface area contributed by atoms with Crippen molar-refractivity contribution in [1.29, 1.82) is 0 Å². The fourth-order valence-electron chi connectivity index (χ4n) is 6.49. The minimum atomic E-state index is -0.552. The topological polar surface area (TPSA) is 124 Å². The van der Waals surface area contributed by atoms with Gasteiger partial charge in [0.15, 0.2) is 0 Å². The number of ether oxygens (including phenoxy) is 2. The molecular weight excluding hydrogens is 517 g/mol. The number of amides is 2. The molecule has 2 aliphatic heterocycles. The van der Waals surface area contributed by atoms with Gasteiger partial charge in [0.2, 0.25) is 17.6 Å². The Morgan fingerprint density at radius 3 is 2.65 bits per heavy atom. The summed E-state index contributed by atoms with van der Waals surface area (Å²) in [6, 6.07) is 5.78. The molecule has 2 amide bonds. The average molecular weight is 558 g/mol. The van der Waals surface area contributed by atoms with E-state index in [1.54, 1.807) is 29.2 Å². The summed E-state index contributed by atoms with van der Waals surface area (Å²) in [7, 11) is 0. The van der Waals surface area contributed by atoms with Gasteiger partial charge in [-0.1, -0.05) is 13.3 Å². The van der Waals surface area contributed by atoms with Crippen LogP contribution in [0.2, 0.25) is 0 Å². The van der Waals surface area contributed by atoms with E-state index in [1.807, 2.05) is 6.92 Å². The van der Waals surface area contributed by atoms with Crippen molar-refractivity contribution in [2.75, 3.05) is 31.7 Å². The minimum Gasteiger partial charge on any atom is -0.457 e. The Hall–Kier alpha value is -2.98. The van der Waals surface area contributed by atoms with E-state index < -0.39 is 24.7 Å². The molecule has 218 valence electrons. The van der Waals surface area contributed by atoms with Gasteiger partial charge < -0.3 is 29.8 Å². The van der Waals surface area contributed by atoms with E-state index in [0.29, 0.717) is 42.6 Å². The Kier molecular flexibility index (Phi) is 9.05. The molecule has 0 radical (unpaired) electrons. The summed E-state index contributed by atoms with van der Waals surface area (Å²) in [5, 5.41) is 3.66. The number of benzene rings is 1. The zero-order valence-corrected chi connectivity index (χ0v) is 23.1. The number of alkyl halides is 1. The number of rotatable bonds is 9. The van der Waals surface area contributed by atoms with Crippen LogP contribution in [0, 0.1) is 17.8 Å². The molecular formula is C30H40FN3O6. The third-order valence-electron chi connectivity index (χ3n) is 8.91. The summed E-state index contributed by atoms with van der Waals surface area (Å²) >= 11 is 0. The van der Waals surface area contributed by atoms with Crippen molar-refractivity contribution < 1.29 is 32.7 Å². The predicted octanol–water partition coefficient (Wildman–Crippen LogP) is 4.44. The maximum absolute atomic E-state index is 13.5. The quantitative estimate of drug-likeness (QED) is 0.437. The Morgan fingerprint density at radius 1 is 1.15 bits per heavy atom. The second-order valence-electron chi connectivity index (χ2n) is 11.4. The maximum Gasteiger partial charge on any atom is 0.374 e. The molecule has 0 bridgehead atoms. The van der Waals surface area contributed by atoms with Gasteiger partial charge in [-0.25, -0.2) is 9.18 Å². The van der Waals surface area contributed by atoms with Crippen LogP contribution in [-0.4, -0.2) is 67.3 Å². The van der Waals surface area contributed by atoms with E-state index in [-0.39, 0.29) is 48.0 Å². The van der Waals surface area contributed by atoms with Crippen LogP contribution in [0.4, 0.5) is 10.1 Å². The second kappa shape index (κ2) is 12.7. The number of furan rings is 1. The van der Waals surface area contributed by atoms with Crippen LogP contribution in [0.3, 0.4) is 0 Å². The summed E-state index contributed by atoms with van der Waals surface area (Å²) in [4.78, 5) is 41.3. The minimum absolute atomic E-state index is 0.0137. The van der Waals surface area contributed by atoms with Crippen molar-refractivity contribution in [3.63, 3.8) is 0 Å². The van der Waals surface area contributed by atoms with E-state index in [2.05, 4.69) is 5.32 Å². The van der Waals surface area contributed by atoms with Crippen LogP contribution in [0.1, 0.15) is 68.8 Å². The number of fused-ring (bicyclic) bond motifs is 1. The number of carbonyl (C=O) groups excluding carboxylic acids is 3. The van der Waals surface area contributed by atoms with Gasteiger partial charge in [-0.2, -0.15) is 0 Å². The molecule has 0 spiro atoms. The zero-order chi connectivity index (χ0) is 28.2. The van der Waals surface area contributed by atoms with E-state index >= 15 is 0 Å². The number of hydrogen-bond acceptors (Lipinski definition) is 7. The normalized spacial score (nSPS) is 27.6. The average Bonchev–Trinajstić information content (AvgIpc) is 3.74. The number of nitrogens with two attached hydrogens (primary N) is 1. The van der Waals surface area contributed by atoms with E-state index in [9.17, 15) is 18.8 Å². The third-order valence-corrected chi connectivity index (χ3v) is 8.91. The van der Waals surface area contributed by atoms with Crippen molar-refractivity contribution >= 4 is 34.4 Å². The fourth-order valence-corrected chi connectivity index (χ4v) is 6.49. The number of nitrogens with zero attached hydrogens (tertiary/aromatic N) is 1. The largest absolute Gasteiger partial charge is 0.457 e. The van der Waals surface area contributed by atoms with Crippen molar-refractivity contribution in [3.05, 3.63) is 30.0 Å². The lowest BCUT2D eigenvalue weighted by Crippen LogP contribution is -2.48. The lowest BCUT2D eigenvalue weighted by Gasteiger charge is -2.34. The Morgan fingerprint density at radius 2 is 1.95 bits per heavy atom. The first-order valence-corrected chi connectivity index (χ1v) is 14.6. The molecule has 40 heavy (non-hydrogen) atoms.